The van der Waals surface area contributed by atoms with Gasteiger partial charge in [0.2, 0.25) is 0 Å². The van der Waals surface area contributed by atoms with Crippen molar-refractivity contribution >= 4 is 13.8 Å². The topological polar surface area (TPSA) is 94.1 Å². The monoisotopic (exact) mass is 836 g/mol. The van der Waals surface area contributed by atoms with Crippen LogP contribution in [0.1, 0.15) is 187 Å². The van der Waals surface area contributed by atoms with Gasteiger partial charge in [-0.25, -0.2) is 0 Å². The van der Waals surface area contributed by atoms with Crippen molar-refractivity contribution in [3.63, 3.8) is 0 Å². The Morgan fingerprint density at radius 2 is 1.00 bits per heavy atom. The summed E-state index contributed by atoms with van der Waals surface area (Å²) in [4.78, 5) is 25.0. The zero-order valence-electron chi connectivity index (χ0n) is 38.2. The summed E-state index contributed by atoms with van der Waals surface area (Å²) in [6.07, 6.45) is 52.4. The molecule has 0 saturated heterocycles. The van der Waals surface area contributed by atoms with Crippen LogP contribution in [0.3, 0.4) is 0 Å². The van der Waals surface area contributed by atoms with Crippen molar-refractivity contribution in [2.75, 3.05) is 54.1 Å². The van der Waals surface area contributed by atoms with E-state index < -0.39 is 13.9 Å². The molecule has 0 aliphatic carbocycles. The van der Waals surface area contributed by atoms with Gasteiger partial charge in [-0.15, -0.1) is 0 Å². The van der Waals surface area contributed by atoms with Crippen LogP contribution in [0, 0.1) is 0 Å². The van der Waals surface area contributed by atoms with Crippen LogP contribution in [0.15, 0.2) is 60.8 Å². The van der Waals surface area contributed by atoms with E-state index in [-0.39, 0.29) is 25.8 Å². The standard InChI is InChI=1S/C49H90NO7P/c1-6-8-10-12-14-16-18-20-21-22-23-24-25-26-27-28-29-30-31-33-35-37-39-41-44-54-46-48(47-56-58(52,53)55-45-43-50(3,4)5)57-49(51)42-40-38-36-34-32-19-17-15-13-11-9-7-2/h8,10,14,16,20-21,23-24,26-27,48H,6-7,9,11-13,15,17-19,22,25,28-47H2,1-5H3/b10-8-,16-14-,21-20-,24-23-,27-26-. The molecule has 0 N–H and O–H groups in total. The van der Waals surface area contributed by atoms with Gasteiger partial charge in [0, 0.05) is 13.0 Å². The highest BCUT2D eigenvalue weighted by Gasteiger charge is 2.20. The summed E-state index contributed by atoms with van der Waals surface area (Å²) in [5, 5.41) is 0. The number of esters is 1. The Bertz CT molecular complexity index is 1110. The van der Waals surface area contributed by atoms with Gasteiger partial charge in [0.05, 0.1) is 34.4 Å². The Balaban J connectivity index is 4.15. The molecule has 0 aliphatic rings. The first kappa shape index (κ1) is 56.2. The van der Waals surface area contributed by atoms with Crippen LogP contribution < -0.4 is 4.89 Å². The molecule has 8 nitrogen and oxygen atoms in total. The second-order valence-corrected chi connectivity index (χ2v) is 18.2. The van der Waals surface area contributed by atoms with Crippen LogP contribution >= 0.6 is 7.82 Å². The molecule has 9 heteroatoms. The van der Waals surface area contributed by atoms with Crippen molar-refractivity contribution in [2.24, 2.45) is 0 Å². The fourth-order valence-electron chi connectivity index (χ4n) is 6.22. The molecule has 0 aromatic heterocycles. The van der Waals surface area contributed by atoms with E-state index >= 15 is 0 Å². The zero-order valence-corrected chi connectivity index (χ0v) is 39.1. The second kappa shape index (κ2) is 41.9. The first-order valence-electron chi connectivity index (χ1n) is 23.5. The number of carbonyl (C=O) groups excluding carboxylic acids is 1. The quantitative estimate of drug-likeness (QED) is 0.0198. The predicted octanol–water partition coefficient (Wildman–Crippen LogP) is 13.5. The molecule has 0 heterocycles. The van der Waals surface area contributed by atoms with E-state index in [0.29, 0.717) is 24.1 Å². The van der Waals surface area contributed by atoms with E-state index in [9.17, 15) is 14.3 Å². The molecule has 0 fully saturated rings. The lowest BCUT2D eigenvalue weighted by molar-refractivity contribution is -0.870. The molecule has 0 aromatic carbocycles. The fraction of sp³-hybridized carbons (Fsp3) is 0.776. The fourth-order valence-corrected chi connectivity index (χ4v) is 6.95. The third kappa shape index (κ3) is 45.3. The highest BCUT2D eigenvalue weighted by atomic mass is 31.2. The number of hydrogen-bond donors (Lipinski definition) is 0. The van der Waals surface area contributed by atoms with Crippen LogP contribution in [-0.2, 0) is 27.9 Å². The Morgan fingerprint density at radius 1 is 0.552 bits per heavy atom. The molecule has 0 spiro atoms. The predicted molar refractivity (Wildman–Crippen MR) is 245 cm³/mol. The highest BCUT2D eigenvalue weighted by Crippen LogP contribution is 2.38. The summed E-state index contributed by atoms with van der Waals surface area (Å²) in [7, 11) is 1.35. The van der Waals surface area contributed by atoms with Crippen molar-refractivity contribution in [1.29, 1.82) is 0 Å². The van der Waals surface area contributed by atoms with Gasteiger partial charge < -0.3 is 27.9 Å². The first-order chi connectivity index (χ1) is 28.1. The van der Waals surface area contributed by atoms with Crippen molar-refractivity contribution in [3.05, 3.63) is 60.8 Å². The molecule has 0 rings (SSSR count). The molecule has 0 amide bonds. The minimum absolute atomic E-state index is 0.0231. The number of likely N-dealkylation sites (N-methyl/N-ethyl adjacent to an activating group) is 1. The molecule has 0 radical (unpaired) electrons. The maximum absolute atomic E-state index is 12.7. The molecule has 338 valence electrons. The van der Waals surface area contributed by atoms with E-state index in [2.05, 4.69) is 74.6 Å². The maximum Gasteiger partial charge on any atom is 0.306 e. The van der Waals surface area contributed by atoms with Gasteiger partial charge in [0.15, 0.2) is 0 Å². The number of unbranched alkanes of at least 4 members (excludes halogenated alkanes) is 19. The smallest absolute Gasteiger partial charge is 0.306 e. The average molecular weight is 836 g/mol. The van der Waals surface area contributed by atoms with E-state index in [1.54, 1.807) is 0 Å². The molecule has 58 heavy (non-hydrogen) atoms. The summed E-state index contributed by atoms with van der Waals surface area (Å²) in [6, 6.07) is 0. The average Bonchev–Trinajstić information content (AvgIpc) is 3.18. The van der Waals surface area contributed by atoms with Gasteiger partial charge in [-0.2, -0.15) is 0 Å². The molecule has 0 bridgehead atoms. The number of carbonyl (C=O) groups is 1. The third-order valence-corrected chi connectivity index (χ3v) is 10.8. The van der Waals surface area contributed by atoms with Crippen LogP contribution in [0.4, 0.5) is 0 Å². The van der Waals surface area contributed by atoms with Crippen molar-refractivity contribution in [3.8, 4) is 0 Å². The Morgan fingerprint density at radius 3 is 1.50 bits per heavy atom. The number of phosphoric acid groups is 1. The van der Waals surface area contributed by atoms with E-state index in [0.717, 1.165) is 70.6 Å². The van der Waals surface area contributed by atoms with Crippen molar-refractivity contribution in [1.82, 2.24) is 0 Å². The van der Waals surface area contributed by atoms with Gasteiger partial charge in [-0.1, -0.05) is 184 Å². The van der Waals surface area contributed by atoms with Gasteiger partial charge in [-0.05, 0) is 57.8 Å². The lowest BCUT2D eigenvalue weighted by Crippen LogP contribution is -2.37. The first-order valence-corrected chi connectivity index (χ1v) is 25.0. The normalized spacial score (nSPS) is 14.2. The minimum atomic E-state index is -4.53. The van der Waals surface area contributed by atoms with Gasteiger partial charge in [0.25, 0.3) is 7.82 Å². The van der Waals surface area contributed by atoms with Crippen LogP contribution in [-0.4, -0.2) is 70.7 Å². The maximum atomic E-state index is 12.7. The van der Waals surface area contributed by atoms with Gasteiger partial charge >= 0.3 is 5.97 Å². The molecular weight excluding hydrogens is 746 g/mol. The van der Waals surface area contributed by atoms with Crippen LogP contribution in [0.2, 0.25) is 0 Å². The van der Waals surface area contributed by atoms with E-state index in [4.69, 9.17) is 18.5 Å². The number of hydrogen-bond acceptors (Lipinski definition) is 7. The van der Waals surface area contributed by atoms with Gasteiger partial charge in [-0.3, -0.25) is 9.36 Å². The number of phosphoric ester groups is 1. The Kier molecular flexibility index (Phi) is 40.6. The number of quaternary nitrogens is 1. The SMILES string of the molecule is CC/C=C\C/C=C\C/C=C\C/C=C\C/C=C\CCCCCCCCCCOCC(COP(=O)([O-])OCC[N+](C)(C)C)OC(=O)CCCCCCCCCCCCCC. The number of allylic oxidation sites excluding steroid dienone is 10. The number of nitrogens with zero attached hydrogens (tertiary/aromatic N) is 1. The van der Waals surface area contributed by atoms with E-state index in [1.165, 1.54) is 96.3 Å². The van der Waals surface area contributed by atoms with Crippen molar-refractivity contribution < 1.29 is 37.3 Å². The molecule has 0 aliphatic heterocycles. The Hall–Kier alpha value is -1.80. The number of rotatable bonds is 43. The summed E-state index contributed by atoms with van der Waals surface area (Å²) in [5.74, 6) is -0.339. The summed E-state index contributed by atoms with van der Waals surface area (Å²) in [6.45, 7) is 5.28. The summed E-state index contributed by atoms with van der Waals surface area (Å²) in [5.41, 5.74) is 0. The molecular formula is C49H90NO7P. The largest absolute Gasteiger partial charge is 0.756 e. The second-order valence-electron chi connectivity index (χ2n) is 16.7. The zero-order chi connectivity index (χ0) is 42.7. The van der Waals surface area contributed by atoms with Gasteiger partial charge in [0.1, 0.15) is 19.3 Å². The molecule has 2 atom stereocenters. The third-order valence-electron chi connectivity index (χ3n) is 9.83. The Labute approximate surface area is 358 Å². The number of ether oxygens (including phenoxy) is 2. The van der Waals surface area contributed by atoms with Crippen molar-refractivity contribution in [2.45, 2.75) is 193 Å². The summed E-state index contributed by atoms with van der Waals surface area (Å²) >= 11 is 0. The van der Waals surface area contributed by atoms with Crippen LogP contribution in [0.25, 0.3) is 0 Å². The lowest BCUT2D eigenvalue weighted by atomic mass is 10.0. The molecule has 2 unspecified atom stereocenters. The molecule has 0 aromatic rings. The lowest BCUT2D eigenvalue weighted by Gasteiger charge is -2.28. The van der Waals surface area contributed by atoms with Crippen LogP contribution in [0.5, 0.6) is 0 Å². The van der Waals surface area contributed by atoms with E-state index in [1.807, 2.05) is 21.1 Å². The minimum Gasteiger partial charge on any atom is -0.756 e. The highest BCUT2D eigenvalue weighted by molar-refractivity contribution is 7.45. The summed E-state index contributed by atoms with van der Waals surface area (Å²) < 4.78 is 34.6. The molecule has 0 saturated carbocycles.